The van der Waals surface area contributed by atoms with Crippen LogP contribution in [0, 0.1) is 11.7 Å². The molecule has 0 atom stereocenters. The molecule has 3 aromatic rings. The fourth-order valence-electron chi connectivity index (χ4n) is 4.67. The number of pyridine rings is 1. The first kappa shape index (κ1) is 21.5. The number of hydrogen-bond donors (Lipinski definition) is 0. The predicted octanol–water partition coefficient (Wildman–Crippen LogP) is 8.01. The summed E-state index contributed by atoms with van der Waals surface area (Å²) in [4.78, 5) is 5.29. The second-order valence-electron chi connectivity index (χ2n) is 9.95. The Hall–Kier alpha value is -2.74. The van der Waals surface area contributed by atoms with Gasteiger partial charge >= 0.3 is 0 Å². The van der Waals surface area contributed by atoms with Crippen LogP contribution in [0.1, 0.15) is 63.3 Å². The first-order valence-electron chi connectivity index (χ1n) is 11.4. The molecule has 0 N–H and O–H groups in total. The second kappa shape index (κ2) is 8.42. The molecule has 0 bridgehead atoms. The quantitative estimate of drug-likeness (QED) is 0.424. The maximum Gasteiger partial charge on any atom is 0.123 e. The smallest absolute Gasteiger partial charge is 0.123 e. The van der Waals surface area contributed by atoms with Crippen molar-refractivity contribution in [3.05, 3.63) is 82.7 Å². The van der Waals surface area contributed by atoms with Crippen molar-refractivity contribution in [3.8, 4) is 22.5 Å². The van der Waals surface area contributed by atoms with E-state index in [-0.39, 0.29) is 11.2 Å². The summed E-state index contributed by atoms with van der Waals surface area (Å²) in [6, 6.07) is 15.4. The normalized spacial score (nSPS) is 13.9. The predicted molar refractivity (Wildman–Crippen MR) is 130 cm³/mol. The van der Waals surface area contributed by atoms with E-state index in [2.05, 4.69) is 71.0 Å². The van der Waals surface area contributed by atoms with Crippen molar-refractivity contribution in [3.63, 3.8) is 0 Å². The number of halogens is 1. The zero-order valence-corrected chi connectivity index (χ0v) is 19.3. The Morgan fingerprint density at radius 3 is 2.32 bits per heavy atom. The average molecular weight is 414 g/mol. The summed E-state index contributed by atoms with van der Waals surface area (Å²) in [6.07, 6.45) is 7.71. The lowest BCUT2D eigenvalue weighted by Gasteiger charge is -2.29. The molecule has 0 unspecified atom stereocenters. The van der Waals surface area contributed by atoms with Crippen molar-refractivity contribution >= 4 is 6.08 Å². The zero-order chi connectivity index (χ0) is 22.2. The lowest BCUT2D eigenvalue weighted by atomic mass is 9.77. The maximum atomic E-state index is 13.7. The van der Waals surface area contributed by atoms with Crippen LogP contribution in [-0.2, 0) is 18.3 Å². The van der Waals surface area contributed by atoms with Crippen molar-refractivity contribution in [2.45, 2.75) is 59.3 Å². The van der Waals surface area contributed by atoms with Gasteiger partial charge in [-0.15, -0.1) is 0 Å². The summed E-state index contributed by atoms with van der Waals surface area (Å²) in [5.74, 6) is 0.215. The molecular weight excluding hydrogens is 381 g/mol. The highest BCUT2D eigenvalue weighted by molar-refractivity contribution is 5.82. The number of nitrogens with zero attached hydrogens (tertiary/aromatic N) is 1. The summed E-state index contributed by atoms with van der Waals surface area (Å²) in [5, 5.41) is 0. The van der Waals surface area contributed by atoms with Crippen LogP contribution in [0.15, 0.2) is 54.6 Å². The van der Waals surface area contributed by atoms with Gasteiger partial charge in [-0.3, -0.25) is 0 Å². The number of rotatable bonds is 3. The molecule has 0 amide bonds. The summed E-state index contributed by atoms with van der Waals surface area (Å²) in [6.45, 7) is 11.3. The Bertz CT molecular complexity index is 1110. The van der Waals surface area contributed by atoms with Gasteiger partial charge in [-0.05, 0) is 71.6 Å². The Kier molecular flexibility index (Phi) is 5.83. The molecule has 1 aliphatic carbocycles. The van der Waals surface area contributed by atoms with Gasteiger partial charge in [0.15, 0.2) is 0 Å². The molecule has 1 aliphatic rings. The molecule has 160 valence electrons. The maximum absolute atomic E-state index is 13.7. The Morgan fingerprint density at radius 1 is 0.935 bits per heavy atom. The minimum Gasteiger partial charge on any atom is -0.247 e. The summed E-state index contributed by atoms with van der Waals surface area (Å²) in [5.41, 5.74) is 9.46. The highest BCUT2D eigenvalue weighted by Gasteiger charge is 2.29. The second-order valence-corrected chi connectivity index (χ2v) is 9.95. The van der Waals surface area contributed by atoms with Gasteiger partial charge in [0.05, 0.1) is 11.4 Å². The molecule has 1 nitrogen and oxygen atoms in total. The molecule has 0 saturated carbocycles. The van der Waals surface area contributed by atoms with Crippen LogP contribution < -0.4 is 0 Å². The van der Waals surface area contributed by atoms with Crippen LogP contribution in [0.2, 0.25) is 0 Å². The van der Waals surface area contributed by atoms with E-state index in [1.807, 2.05) is 12.1 Å². The Morgan fingerprint density at radius 2 is 1.65 bits per heavy atom. The van der Waals surface area contributed by atoms with E-state index >= 15 is 0 Å². The number of hydrogen-bond acceptors (Lipinski definition) is 1. The van der Waals surface area contributed by atoms with E-state index < -0.39 is 0 Å². The van der Waals surface area contributed by atoms with E-state index in [9.17, 15) is 4.39 Å². The minimum atomic E-state index is -0.223. The molecule has 2 heteroatoms. The van der Waals surface area contributed by atoms with Gasteiger partial charge in [0.2, 0.25) is 0 Å². The molecule has 0 spiro atoms. The van der Waals surface area contributed by atoms with Gasteiger partial charge in [-0.1, -0.05) is 71.0 Å². The van der Waals surface area contributed by atoms with Gasteiger partial charge < -0.3 is 0 Å². The highest BCUT2D eigenvalue weighted by atomic mass is 19.1. The molecule has 0 fully saturated rings. The van der Waals surface area contributed by atoms with E-state index in [0.717, 1.165) is 36.2 Å². The third kappa shape index (κ3) is 4.35. The van der Waals surface area contributed by atoms with Gasteiger partial charge in [0, 0.05) is 16.7 Å². The number of benzene rings is 2. The standard InChI is InChI=1S/C29H32FN/c1-19(2)13-18-25-26(29(3,4)5)24-12-8-10-20-9-6-7-11-23(20)28(24)31-27(25)21-14-16-22(30)17-15-21/h6-7,9,11,13-19H,8,10,12H2,1-5H3/b18-13+. The fraction of sp³-hybridized carbons (Fsp3) is 0.345. The van der Waals surface area contributed by atoms with E-state index in [1.54, 1.807) is 0 Å². The molecule has 0 radical (unpaired) electrons. The number of aryl methyl sites for hydroxylation is 1. The minimum absolute atomic E-state index is 0.0439. The summed E-state index contributed by atoms with van der Waals surface area (Å²) in [7, 11) is 0. The third-order valence-electron chi connectivity index (χ3n) is 6.00. The topological polar surface area (TPSA) is 12.9 Å². The van der Waals surface area contributed by atoms with Crippen molar-refractivity contribution in [1.29, 1.82) is 0 Å². The molecule has 31 heavy (non-hydrogen) atoms. The SMILES string of the molecule is CC(C)/C=C/c1c(-c2ccc(F)cc2)nc2c(c1C(C)(C)C)CCCc1ccccc1-2. The first-order chi connectivity index (χ1) is 14.8. The van der Waals surface area contributed by atoms with E-state index in [1.165, 1.54) is 39.9 Å². The fourth-order valence-corrected chi connectivity index (χ4v) is 4.67. The van der Waals surface area contributed by atoms with Gasteiger partial charge in [-0.2, -0.15) is 0 Å². The van der Waals surface area contributed by atoms with Crippen LogP contribution in [0.5, 0.6) is 0 Å². The van der Waals surface area contributed by atoms with E-state index in [4.69, 9.17) is 4.98 Å². The van der Waals surface area contributed by atoms with Gasteiger partial charge in [-0.25, -0.2) is 9.37 Å². The summed E-state index contributed by atoms with van der Waals surface area (Å²) >= 11 is 0. The largest absolute Gasteiger partial charge is 0.247 e. The van der Waals surface area contributed by atoms with Gasteiger partial charge in [0.1, 0.15) is 5.82 Å². The van der Waals surface area contributed by atoms with Crippen molar-refractivity contribution in [2.24, 2.45) is 5.92 Å². The number of aromatic nitrogens is 1. The van der Waals surface area contributed by atoms with Crippen LogP contribution in [0.3, 0.4) is 0 Å². The third-order valence-corrected chi connectivity index (χ3v) is 6.00. The molecule has 4 rings (SSSR count). The summed E-state index contributed by atoms with van der Waals surface area (Å²) < 4.78 is 13.7. The zero-order valence-electron chi connectivity index (χ0n) is 19.3. The monoisotopic (exact) mass is 413 g/mol. The highest BCUT2D eigenvalue weighted by Crippen LogP contribution is 2.43. The molecule has 2 aromatic carbocycles. The molecular formula is C29H32FN. The molecule has 1 aromatic heterocycles. The van der Waals surface area contributed by atoms with E-state index in [0.29, 0.717) is 5.92 Å². The molecule has 0 aliphatic heterocycles. The van der Waals surface area contributed by atoms with Gasteiger partial charge in [0.25, 0.3) is 0 Å². The van der Waals surface area contributed by atoms with Crippen LogP contribution in [-0.4, -0.2) is 4.98 Å². The average Bonchev–Trinajstić information content (AvgIpc) is 2.90. The van der Waals surface area contributed by atoms with Crippen molar-refractivity contribution in [1.82, 2.24) is 4.98 Å². The molecule has 0 saturated heterocycles. The number of allylic oxidation sites excluding steroid dienone is 1. The molecule has 1 heterocycles. The van der Waals surface area contributed by atoms with Crippen LogP contribution in [0.25, 0.3) is 28.6 Å². The van der Waals surface area contributed by atoms with Crippen LogP contribution in [0.4, 0.5) is 4.39 Å². The lowest BCUT2D eigenvalue weighted by molar-refractivity contribution is 0.579. The Balaban J connectivity index is 2.12. The van der Waals surface area contributed by atoms with Crippen LogP contribution >= 0.6 is 0 Å². The number of fused-ring (bicyclic) bond motifs is 3. The Labute approximate surface area is 186 Å². The lowest BCUT2D eigenvalue weighted by Crippen LogP contribution is -2.19. The van der Waals surface area contributed by atoms with Crippen molar-refractivity contribution in [2.75, 3.05) is 0 Å². The first-order valence-corrected chi connectivity index (χ1v) is 11.4. The van der Waals surface area contributed by atoms with Crippen molar-refractivity contribution < 1.29 is 4.39 Å².